The highest BCUT2D eigenvalue weighted by Gasteiger charge is 1.90. The lowest BCUT2D eigenvalue weighted by molar-refractivity contribution is 0.404. The van der Waals surface area contributed by atoms with Gasteiger partial charge in [0, 0.05) is 5.48 Å². The molecule has 0 saturated carbocycles. The maximum absolute atomic E-state index is 8.67. The van der Waals surface area contributed by atoms with Gasteiger partial charge in [-0.1, -0.05) is 12.1 Å². The van der Waals surface area contributed by atoms with Crippen LogP contribution in [0.25, 0.3) is 0 Å². The van der Waals surface area contributed by atoms with Gasteiger partial charge in [-0.3, -0.25) is 0 Å². The Bertz CT molecular complexity index is 164. The topological polar surface area (TPSA) is 69.0 Å². The molecule has 0 aliphatic carbocycles. The molecule has 9 heavy (non-hydrogen) atoms. The zero-order valence-electron chi connectivity index (χ0n) is 4.61. The molecule has 2 N–H and O–H groups in total. The minimum atomic E-state index is -0.0764. The molecule has 48 valence electrons. The Hall–Kier alpha value is -1.22. The Morgan fingerprint density at radius 3 is 1.44 bits per heavy atom. The predicted octanol–water partition coefficient (Wildman–Crippen LogP) is 0.979. The van der Waals surface area contributed by atoms with Gasteiger partial charge in [0.25, 0.3) is 0 Å². The van der Waals surface area contributed by atoms with E-state index in [1.165, 1.54) is 12.1 Å². The lowest BCUT2D eigenvalue weighted by Gasteiger charge is -1.91. The molecule has 3 heteroatoms. The highest BCUT2D eigenvalue weighted by atomic mass is 16.3. The minimum Gasteiger partial charge on any atom is -0.504 e. The van der Waals surface area contributed by atoms with Gasteiger partial charge in [0.15, 0.2) is 11.5 Å². The molecule has 0 aliphatic heterocycles. The van der Waals surface area contributed by atoms with Crippen LogP contribution in [0, 0.1) is 0 Å². The average molecular weight is 126 g/mol. The predicted molar refractivity (Wildman–Crippen MR) is 30.5 cm³/mol. The van der Waals surface area contributed by atoms with Crippen LogP contribution in [0.1, 0.15) is 0 Å². The van der Waals surface area contributed by atoms with Gasteiger partial charge in [0.1, 0.15) is 0 Å². The first-order valence-corrected chi connectivity index (χ1v) is 2.27. The van der Waals surface area contributed by atoms with Crippen LogP contribution >= 0.6 is 0 Å². The normalized spacial score (nSPS) is 8.00. The minimum absolute atomic E-state index is 0. The van der Waals surface area contributed by atoms with Gasteiger partial charge in [0.2, 0.25) is 0 Å². The standard InChI is InChI=1S/C6H6O2.O/c7-5-3-1-2-4-6(5)8;/h1-4,7-8H;. The number of aromatic hydroxyl groups is 2. The van der Waals surface area contributed by atoms with E-state index in [0.29, 0.717) is 0 Å². The fourth-order valence-corrected chi connectivity index (χ4v) is 0.464. The van der Waals surface area contributed by atoms with E-state index in [1.54, 1.807) is 12.1 Å². The Balaban J connectivity index is 0.000000640. The van der Waals surface area contributed by atoms with Crippen molar-refractivity contribution >= 4 is 0 Å². The molecule has 0 fully saturated rings. The summed E-state index contributed by atoms with van der Waals surface area (Å²) in [4.78, 5) is 0. The van der Waals surface area contributed by atoms with Crippen LogP contribution < -0.4 is 0 Å². The molecular formula is C6H6O3. The molecule has 0 saturated heterocycles. The van der Waals surface area contributed by atoms with Crippen LogP contribution in [0.3, 0.4) is 0 Å². The Morgan fingerprint density at radius 2 is 1.22 bits per heavy atom. The highest BCUT2D eigenvalue weighted by Crippen LogP contribution is 2.21. The molecule has 1 aromatic rings. The number of hydrogen-bond donors (Lipinski definition) is 2. The molecule has 0 aliphatic rings. The molecule has 0 aromatic heterocycles. The third kappa shape index (κ3) is 1.62. The first-order chi connectivity index (χ1) is 3.80. The van der Waals surface area contributed by atoms with Gasteiger partial charge in [-0.2, -0.15) is 0 Å². The molecule has 1 rings (SSSR count). The van der Waals surface area contributed by atoms with E-state index in [4.69, 9.17) is 10.2 Å². The Morgan fingerprint density at radius 1 is 0.889 bits per heavy atom. The molecular weight excluding hydrogens is 120 g/mol. The summed E-state index contributed by atoms with van der Waals surface area (Å²) in [7, 11) is 0. The summed E-state index contributed by atoms with van der Waals surface area (Å²) in [5.74, 6) is -0.153. The van der Waals surface area contributed by atoms with Gasteiger partial charge in [0.05, 0.1) is 0 Å². The average Bonchev–Trinajstić information content (AvgIpc) is 1.77. The molecule has 3 nitrogen and oxygen atoms in total. The monoisotopic (exact) mass is 126 g/mol. The van der Waals surface area contributed by atoms with Crippen LogP contribution in [0.4, 0.5) is 0 Å². The van der Waals surface area contributed by atoms with Gasteiger partial charge in [-0.05, 0) is 12.1 Å². The summed E-state index contributed by atoms with van der Waals surface area (Å²) in [6.07, 6.45) is 0. The van der Waals surface area contributed by atoms with Crippen LogP contribution in [-0.2, 0) is 5.48 Å². The first kappa shape index (κ1) is 7.78. The molecule has 0 heterocycles. The fraction of sp³-hybridized carbons (Fsp3) is 0. The highest BCUT2D eigenvalue weighted by molar-refractivity contribution is 5.36. The fourth-order valence-electron chi connectivity index (χ4n) is 0.464. The second kappa shape index (κ2) is 2.94. The molecule has 2 radical (unpaired) electrons. The van der Waals surface area contributed by atoms with Gasteiger partial charge >= 0.3 is 0 Å². The van der Waals surface area contributed by atoms with Gasteiger partial charge < -0.3 is 10.2 Å². The number of benzene rings is 1. The summed E-state index contributed by atoms with van der Waals surface area (Å²) in [6, 6.07) is 6.15. The van der Waals surface area contributed by atoms with Crippen molar-refractivity contribution in [2.24, 2.45) is 0 Å². The van der Waals surface area contributed by atoms with Crippen molar-refractivity contribution in [3.63, 3.8) is 0 Å². The number of phenols is 2. The van der Waals surface area contributed by atoms with E-state index in [9.17, 15) is 0 Å². The van der Waals surface area contributed by atoms with E-state index >= 15 is 0 Å². The van der Waals surface area contributed by atoms with Crippen molar-refractivity contribution < 1.29 is 15.7 Å². The third-order valence-electron chi connectivity index (χ3n) is 0.882. The zero-order chi connectivity index (χ0) is 5.98. The van der Waals surface area contributed by atoms with Crippen molar-refractivity contribution in [1.82, 2.24) is 0 Å². The largest absolute Gasteiger partial charge is 0.504 e. The third-order valence-corrected chi connectivity index (χ3v) is 0.882. The lowest BCUT2D eigenvalue weighted by atomic mass is 10.3. The smallest absolute Gasteiger partial charge is 0.157 e. The quantitative estimate of drug-likeness (QED) is 0.508. The van der Waals surface area contributed by atoms with E-state index < -0.39 is 0 Å². The second-order valence-corrected chi connectivity index (χ2v) is 1.49. The van der Waals surface area contributed by atoms with Gasteiger partial charge in [-0.25, -0.2) is 0 Å². The molecule has 0 unspecified atom stereocenters. The summed E-state index contributed by atoms with van der Waals surface area (Å²) < 4.78 is 0. The molecule has 0 spiro atoms. The zero-order valence-corrected chi connectivity index (χ0v) is 4.61. The van der Waals surface area contributed by atoms with Crippen molar-refractivity contribution in [2.45, 2.75) is 0 Å². The molecule has 0 atom stereocenters. The van der Waals surface area contributed by atoms with E-state index in [-0.39, 0.29) is 17.0 Å². The SMILES string of the molecule is Oc1ccccc1O.[O]. The number of phenolic OH excluding ortho intramolecular Hbond substituents is 2. The molecule has 0 bridgehead atoms. The van der Waals surface area contributed by atoms with Crippen molar-refractivity contribution in [3.05, 3.63) is 24.3 Å². The first-order valence-electron chi connectivity index (χ1n) is 2.27. The van der Waals surface area contributed by atoms with Crippen molar-refractivity contribution in [3.8, 4) is 11.5 Å². The summed E-state index contributed by atoms with van der Waals surface area (Å²) >= 11 is 0. The number of rotatable bonds is 0. The maximum Gasteiger partial charge on any atom is 0.157 e. The molecule has 0 amide bonds. The Kier molecular flexibility index (Phi) is 2.54. The van der Waals surface area contributed by atoms with Crippen LogP contribution in [0.5, 0.6) is 11.5 Å². The Labute approximate surface area is 52.5 Å². The van der Waals surface area contributed by atoms with E-state index in [1.807, 2.05) is 0 Å². The summed E-state index contributed by atoms with van der Waals surface area (Å²) in [6.45, 7) is 0. The van der Waals surface area contributed by atoms with Crippen LogP contribution in [-0.4, -0.2) is 10.2 Å². The second-order valence-electron chi connectivity index (χ2n) is 1.49. The summed E-state index contributed by atoms with van der Waals surface area (Å²) in [5.41, 5.74) is 0. The molecule has 1 aromatic carbocycles. The maximum atomic E-state index is 8.67. The van der Waals surface area contributed by atoms with Crippen molar-refractivity contribution in [1.29, 1.82) is 0 Å². The van der Waals surface area contributed by atoms with Crippen LogP contribution in [0.2, 0.25) is 0 Å². The number of hydrogen-bond acceptors (Lipinski definition) is 2. The summed E-state index contributed by atoms with van der Waals surface area (Å²) in [5, 5.41) is 17.3. The van der Waals surface area contributed by atoms with Gasteiger partial charge in [-0.15, -0.1) is 0 Å². The van der Waals surface area contributed by atoms with E-state index in [2.05, 4.69) is 0 Å². The number of para-hydroxylation sites is 2. The van der Waals surface area contributed by atoms with Crippen LogP contribution in [0.15, 0.2) is 24.3 Å². The van der Waals surface area contributed by atoms with E-state index in [0.717, 1.165) is 0 Å². The van der Waals surface area contributed by atoms with Crippen molar-refractivity contribution in [2.75, 3.05) is 0 Å². The lowest BCUT2D eigenvalue weighted by Crippen LogP contribution is -1.63.